The molecule has 0 saturated carbocycles. The number of hydrogen-bond donors (Lipinski definition) is 1. The fraction of sp³-hybridized carbons (Fsp3) is 0.375. The van der Waals surface area contributed by atoms with Gasteiger partial charge in [-0.05, 0) is 30.0 Å². The minimum atomic E-state index is 0.0377. The fourth-order valence-corrected chi connectivity index (χ4v) is 3.93. The van der Waals surface area contributed by atoms with Crippen LogP contribution < -0.4 is 5.32 Å². The standard InChI is InChI=1S/C16H16Cl2N4O/c17-13-1-2-15(14(18)3-13)22-9-12(6-20-22)16(23)21-7-10-4-19-5-11(10)8-21/h1-3,6,9-11,19H,4-5,7-8H2/t10-,11+. The number of likely N-dealkylation sites (tertiary alicyclic amines) is 1. The van der Waals surface area contributed by atoms with E-state index in [1.165, 1.54) is 0 Å². The van der Waals surface area contributed by atoms with Crippen molar-refractivity contribution in [1.29, 1.82) is 0 Å². The first kappa shape index (κ1) is 15.0. The van der Waals surface area contributed by atoms with Gasteiger partial charge in [-0.1, -0.05) is 23.2 Å². The van der Waals surface area contributed by atoms with Crippen LogP contribution in [0.1, 0.15) is 10.4 Å². The van der Waals surface area contributed by atoms with Crippen LogP contribution in [0, 0.1) is 11.8 Å². The van der Waals surface area contributed by atoms with Crippen molar-refractivity contribution in [3.05, 3.63) is 46.2 Å². The molecule has 0 bridgehead atoms. The van der Waals surface area contributed by atoms with E-state index in [0.29, 0.717) is 33.1 Å². The number of halogens is 2. The number of aromatic nitrogens is 2. The molecule has 120 valence electrons. The van der Waals surface area contributed by atoms with Gasteiger partial charge in [-0.15, -0.1) is 0 Å². The third kappa shape index (κ3) is 2.73. The van der Waals surface area contributed by atoms with Gasteiger partial charge in [0, 0.05) is 37.4 Å². The van der Waals surface area contributed by atoms with Crippen LogP contribution in [-0.2, 0) is 0 Å². The quantitative estimate of drug-likeness (QED) is 0.904. The highest BCUT2D eigenvalue weighted by molar-refractivity contribution is 6.35. The van der Waals surface area contributed by atoms with Crippen LogP contribution in [0.5, 0.6) is 0 Å². The summed E-state index contributed by atoms with van der Waals surface area (Å²) in [4.78, 5) is 14.6. The van der Waals surface area contributed by atoms with Gasteiger partial charge in [-0.3, -0.25) is 4.79 Å². The van der Waals surface area contributed by atoms with E-state index in [4.69, 9.17) is 23.2 Å². The highest BCUT2D eigenvalue weighted by Gasteiger charge is 2.38. The molecular formula is C16H16Cl2N4O. The molecule has 2 atom stereocenters. The van der Waals surface area contributed by atoms with Crippen molar-refractivity contribution in [2.24, 2.45) is 11.8 Å². The summed E-state index contributed by atoms with van der Waals surface area (Å²) in [5.41, 5.74) is 1.29. The van der Waals surface area contributed by atoms with Crippen molar-refractivity contribution < 1.29 is 4.79 Å². The van der Waals surface area contributed by atoms with E-state index in [0.717, 1.165) is 26.2 Å². The van der Waals surface area contributed by atoms with Gasteiger partial charge in [0.2, 0.25) is 0 Å². The maximum absolute atomic E-state index is 12.7. The Balaban J connectivity index is 1.55. The third-order valence-corrected chi connectivity index (χ3v) is 5.20. The first-order valence-electron chi connectivity index (χ1n) is 7.62. The Hall–Kier alpha value is -1.56. The zero-order chi connectivity index (χ0) is 16.0. The fourth-order valence-electron chi connectivity index (χ4n) is 3.44. The molecule has 2 aliphatic heterocycles. The molecule has 1 amide bonds. The van der Waals surface area contributed by atoms with E-state index in [9.17, 15) is 4.79 Å². The highest BCUT2D eigenvalue weighted by Crippen LogP contribution is 2.28. The summed E-state index contributed by atoms with van der Waals surface area (Å²) in [5.74, 6) is 1.20. The summed E-state index contributed by atoms with van der Waals surface area (Å²) in [7, 11) is 0. The summed E-state index contributed by atoms with van der Waals surface area (Å²) in [6.45, 7) is 3.66. The number of carbonyl (C=O) groups excluding carboxylic acids is 1. The van der Waals surface area contributed by atoms with Crippen molar-refractivity contribution >= 4 is 29.1 Å². The third-order valence-electron chi connectivity index (χ3n) is 4.66. The topological polar surface area (TPSA) is 50.2 Å². The Morgan fingerprint density at radius 2 is 1.96 bits per heavy atom. The van der Waals surface area contributed by atoms with Crippen molar-refractivity contribution in [2.75, 3.05) is 26.2 Å². The van der Waals surface area contributed by atoms with Crippen molar-refractivity contribution in [3.8, 4) is 5.69 Å². The van der Waals surface area contributed by atoms with Crippen LogP contribution in [0.15, 0.2) is 30.6 Å². The van der Waals surface area contributed by atoms with Gasteiger partial charge < -0.3 is 10.2 Å². The summed E-state index contributed by atoms with van der Waals surface area (Å²) < 4.78 is 1.62. The molecule has 0 radical (unpaired) electrons. The number of hydrogen-bond acceptors (Lipinski definition) is 3. The Kier molecular flexibility index (Phi) is 3.79. The Bertz CT molecular complexity index is 748. The SMILES string of the molecule is O=C(c1cnn(-c2ccc(Cl)cc2Cl)c1)N1C[C@H]2CNC[C@H]2C1. The number of benzene rings is 1. The largest absolute Gasteiger partial charge is 0.338 e. The molecule has 2 aromatic rings. The summed E-state index contributed by atoms with van der Waals surface area (Å²) in [5, 5.41) is 8.72. The zero-order valence-electron chi connectivity index (χ0n) is 12.4. The van der Waals surface area contributed by atoms with E-state index in [1.54, 1.807) is 35.3 Å². The van der Waals surface area contributed by atoms with Gasteiger partial charge in [-0.25, -0.2) is 4.68 Å². The van der Waals surface area contributed by atoms with Crippen LogP contribution in [0.25, 0.3) is 5.69 Å². The molecule has 1 aromatic heterocycles. The second kappa shape index (κ2) is 5.82. The van der Waals surface area contributed by atoms with E-state index >= 15 is 0 Å². The highest BCUT2D eigenvalue weighted by atomic mass is 35.5. The van der Waals surface area contributed by atoms with E-state index in [-0.39, 0.29) is 5.91 Å². The molecule has 5 nitrogen and oxygen atoms in total. The summed E-state index contributed by atoms with van der Waals surface area (Å²) in [6.07, 6.45) is 3.32. The van der Waals surface area contributed by atoms with Crippen molar-refractivity contribution in [2.45, 2.75) is 0 Å². The van der Waals surface area contributed by atoms with Crippen LogP contribution in [0.2, 0.25) is 10.0 Å². The predicted octanol–water partition coefficient (Wildman–Crippen LogP) is 2.47. The number of amides is 1. The molecule has 0 unspecified atom stereocenters. The average molecular weight is 351 g/mol. The van der Waals surface area contributed by atoms with Gasteiger partial charge in [0.05, 0.1) is 22.5 Å². The maximum atomic E-state index is 12.7. The van der Waals surface area contributed by atoms with Crippen LogP contribution >= 0.6 is 23.2 Å². The molecule has 3 heterocycles. The molecule has 2 aliphatic rings. The van der Waals surface area contributed by atoms with Gasteiger partial charge in [0.15, 0.2) is 0 Å². The van der Waals surface area contributed by atoms with Crippen LogP contribution in [-0.4, -0.2) is 46.8 Å². The Morgan fingerprint density at radius 1 is 1.22 bits per heavy atom. The lowest BCUT2D eigenvalue weighted by Crippen LogP contribution is -2.31. The van der Waals surface area contributed by atoms with E-state index < -0.39 is 0 Å². The lowest BCUT2D eigenvalue weighted by atomic mass is 10.0. The number of carbonyl (C=O) groups is 1. The molecule has 1 N–H and O–H groups in total. The monoisotopic (exact) mass is 350 g/mol. The summed E-state index contributed by atoms with van der Waals surface area (Å²) in [6, 6.07) is 5.20. The second-order valence-corrected chi connectivity index (χ2v) is 7.00. The Labute approximate surface area is 144 Å². The molecule has 2 fully saturated rings. The first-order valence-corrected chi connectivity index (χ1v) is 8.37. The lowest BCUT2D eigenvalue weighted by molar-refractivity contribution is 0.0781. The molecule has 2 saturated heterocycles. The van der Waals surface area contributed by atoms with E-state index in [1.807, 2.05) is 4.90 Å². The first-order chi connectivity index (χ1) is 11.1. The smallest absolute Gasteiger partial charge is 0.257 e. The van der Waals surface area contributed by atoms with Crippen LogP contribution in [0.3, 0.4) is 0 Å². The number of nitrogens with zero attached hydrogens (tertiary/aromatic N) is 3. The van der Waals surface area contributed by atoms with Crippen molar-refractivity contribution in [3.63, 3.8) is 0 Å². The number of fused-ring (bicyclic) bond motifs is 1. The normalized spacial score (nSPS) is 23.3. The van der Waals surface area contributed by atoms with Gasteiger partial charge in [0.1, 0.15) is 0 Å². The minimum absolute atomic E-state index is 0.0377. The zero-order valence-corrected chi connectivity index (χ0v) is 13.9. The molecule has 7 heteroatoms. The second-order valence-electron chi connectivity index (χ2n) is 6.16. The lowest BCUT2D eigenvalue weighted by Gasteiger charge is -2.16. The molecule has 4 rings (SSSR count). The molecule has 0 aliphatic carbocycles. The van der Waals surface area contributed by atoms with Crippen LogP contribution in [0.4, 0.5) is 0 Å². The van der Waals surface area contributed by atoms with Gasteiger partial charge in [-0.2, -0.15) is 5.10 Å². The van der Waals surface area contributed by atoms with E-state index in [2.05, 4.69) is 10.4 Å². The average Bonchev–Trinajstić information content (AvgIpc) is 3.22. The molecule has 23 heavy (non-hydrogen) atoms. The number of rotatable bonds is 2. The molecule has 1 aromatic carbocycles. The maximum Gasteiger partial charge on any atom is 0.257 e. The number of nitrogens with one attached hydrogen (secondary N) is 1. The van der Waals surface area contributed by atoms with Gasteiger partial charge in [0.25, 0.3) is 5.91 Å². The van der Waals surface area contributed by atoms with Gasteiger partial charge >= 0.3 is 0 Å². The molecular weight excluding hydrogens is 335 g/mol. The molecule has 0 spiro atoms. The summed E-state index contributed by atoms with van der Waals surface area (Å²) >= 11 is 12.1. The minimum Gasteiger partial charge on any atom is -0.338 e. The predicted molar refractivity (Wildman–Crippen MR) is 89.3 cm³/mol. The van der Waals surface area contributed by atoms with Crippen molar-refractivity contribution in [1.82, 2.24) is 20.0 Å². The Morgan fingerprint density at radius 3 is 2.65 bits per heavy atom.